The second-order valence-electron chi connectivity index (χ2n) is 5.68. The summed E-state index contributed by atoms with van der Waals surface area (Å²) in [6.45, 7) is 9.63. The molecule has 1 atom stereocenters. The smallest absolute Gasteiger partial charge is 0.0868 e. The summed E-state index contributed by atoms with van der Waals surface area (Å²) in [5.41, 5.74) is 2.92. The van der Waals surface area contributed by atoms with E-state index in [-0.39, 0.29) is 5.92 Å². The van der Waals surface area contributed by atoms with Crippen molar-refractivity contribution in [1.82, 2.24) is 14.3 Å². The molecule has 5 heteroatoms. The Hall–Kier alpha value is -1.26. The molecule has 0 bridgehead atoms. The molecule has 1 unspecified atom stereocenters. The molecule has 1 N–H and O–H groups in total. The molecule has 21 heavy (non-hydrogen) atoms. The SMILES string of the molecule is CCc1nn(CC)c(Cn2ccc(C(O)C(C)C)c2)c1Cl. The molecule has 0 saturated carbocycles. The summed E-state index contributed by atoms with van der Waals surface area (Å²) in [6.07, 6.45) is 4.38. The van der Waals surface area contributed by atoms with E-state index in [4.69, 9.17) is 11.6 Å². The number of aryl methyl sites for hydroxylation is 2. The molecular weight excluding hydrogens is 286 g/mol. The van der Waals surface area contributed by atoms with Crippen molar-refractivity contribution in [3.63, 3.8) is 0 Å². The summed E-state index contributed by atoms with van der Waals surface area (Å²) in [7, 11) is 0. The lowest BCUT2D eigenvalue weighted by molar-refractivity contribution is 0.127. The lowest BCUT2D eigenvalue weighted by Gasteiger charge is -2.12. The average Bonchev–Trinajstić information content (AvgIpc) is 3.04. The third-order valence-corrected chi connectivity index (χ3v) is 4.21. The van der Waals surface area contributed by atoms with Gasteiger partial charge in [0.05, 0.1) is 29.1 Å². The molecule has 0 amide bonds. The Kier molecular flexibility index (Phi) is 5.12. The maximum Gasteiger partial charge on any atom is 0.0868 e. The fraction of sp³-hybridized carbons (Fsp3) is 0.562. The van der Waals surface area contributed by atoms with Crippen molar-refractivity contribution in [2.24, 2.45) is 5.92 Å². The van der Waals surface area contributed by atoms with E-state index in [1.54, 1.807) is 0 Å². The molecule has 0 saturated heterocycles. The van der Waals surface area contributed by atoms with E-state index < -0.39 is 6.10 Å². The van der Waals surface area contributed by atoms with Gasteiger partial charge in [-0.15, -0.1) is 0 Å². The Morgan fingerprint density at radius 2 is 2.05 bits per heavy atom. The second-order valence-corrected chi connectivity index (χ2v) is 6.06. The summed E-state index contributed by atoms with van der Waals surface area (Å²) in [5.74, 6) is 0.206. The summed E-state index contributed by atoms with van der Waals surface area (Å²) in [6, 6.07) is 1.96. The highest BCUT2D eigenvalue weighted by Gasteiger charge is 2.16. The van der Waals surface area contributed by atoms with Crippen molar-refractivity contribution in [2.75, 3.05) is 0 Å². The highest BCUT2D eigenvalue weighted by atomic mass is 35.5. The Bertz CT molecular complexity index is 601. The molecule has 0 aliphatic rings. The van der Waals surface area contributed by atoms with Crippen LogP contribution >= 0.6 is 11.6 Å². The number of hydrogen-bond acceptors (Lipinski definition) is 2. The van der Waals surface area contributed by atoms with Gasteiger partial charge in [0.25, 0.3) is 0 Å². The molecule has 0 aliphatic heterocycles. The standard InChI is InChI=1S/C16H24ClN3O/c1-5-13-15(17)14(20(6-2)18-13)10-19-8-7-12(9-19)16(21)11(3)4/h7-9,11,16,21H,5-6,10H2,1-4H3. The largest absolute Gasteiger partial charge is 0.388 e. The molecule has 116 valence electrons. The van der Waals surface area contributed by atoms with Gasteiger partial charge in [-0.05, 0) is 30.9 Å². The number of halogens is 1. The lowest BCUT2D eigenvalue weighted by Crippen LogP contribution is -2.08. The van der Waals surface area contributed by atoms with Gasteiger partial charge in [0, 0.05) is 18.9 Å². The number of aromatic nitrogens is 3. The van der Waals surface area contributed by atoms with Gasteiger partial charge < -0.3 is 9.67 Å². The van der Waals surface area contributed by atoms with Crippen LogP contribution in [0.3, 0.4) is 0 Å². The van der Waals surface area contributed by atoms with Crippen LogP contribution in [0.25, 0.3) is 0 Å². The molecule has 2 aromatic heterocycles. The van der Waals surface area contributed by atoms with Crippen LogP contribution in [0.5, 0.6) is 0 Å². The average molecular weight is 310 g/mol. The van der Waals surface area contributed by atoms with Crippen LogP contribution in [0.1, 0.15) is 50.8 Å². The Morgan fingerprint density at radius 3 is 2.62 bits per heavy atom. The zero-order valence-corrected chi connectivity index (χ0v) is 13.9. The van der Waals surface area contributed by atoms with Crippen LogP contribution in [0.15, 0.2) is 18.5 Å². The highest BCUT2D eigenvalue weighted by Crippen LogP contribution is 2.25. The first-order valence-electron chi connectivity index (χ1n) is 7.55. The van der Waals surface area contributed by atoms with Gasteiger partial charge in [-0.3, -0.25) is 4.68 Å². The van der Waals surface area contributed by atoms with E-state index in [1.165, 1.54) is 0 Å². The van der Waals surface area contributed by atoms with E-state index in [0.717, 1.165) is 34.9 Å². The molecule has 2 heterocycles. The maximum absolute atomic E-state index is 10.1. The molecule has 2 rings (SSSR count). The summed E-state index contributed by atoms with van der Waals surface area (Å²) in [4.78, 5) is 0. The van der Waals surface area contributed by atoms with E-state index in [0.29, 0.717) is 6.54 Å². The van der Waals surface area contributed by atoms with E-state index in [1.807, 2.05) is 37.0 Å². The van der Waals surface area contributed by atoms with Crippen LogP contribution in [-0.2, 0) is 19.5 Å². The fourth-order valence-corrected chi connectivity index (χ4v) is 2.79. The van der Waals surface area contributed by atoms with Gasteiger partial charge in [0.2, 0.25) is 0 Å². The van der Waals surface area contributed by atoms with Crippen LogP contribution in [0.2, 0.25) is 5.02 Å². The third kappa shape index (κ3) is 3.33. The van der Waals surface area contributed by atoms with Gasteiger partial charge in [-0.1, -0.05) is 32.4 Å². The van der Waals surface area contributed by atoms with Gasteiger partial charge in [-0.2, -0.15) is 5.10 Å². The minimum absolute atomic E-state index is 0.206. The highest BCUT2D eigenvalue weighted by molar-refractivity contribution is 6.31. The molecule has 0 aliphatic carbocycles. The third-order valence-electron chi connectivity index (χ3n) is 3.77. The summed E-state index contributed by atoms with van der Waals surface area (Å²) >= 11 is 6.43. The second kappa shape index (κ2) is 6.67. The van der Waals surface area contributed by atoms with Crippen molar-refractivity contribution in [3.05, 3.63) is 40.4 Å². The van der Waals surface area contributed by atoms with Crippen molar-refractivity contribution in [2.45, 2.75) is 53.3 Å². The summed E-state index contributed by atoms with van der Waals surface area (Å²) in [5, 5.41) is 15.4. The molecule has 0 fully saturated rings. The molecule has 2 aromatic rings. The number of hydrogen-bond donors (Lipinski definition) is 1. The molecule has 0 spiro atoms. The van der Waals surface area contributed by atoms with Crippen LogP contribution in [0, 0.1) is 5.92 Å². The van der Waals surface area contributed by atoms with E-state index in [9.17, 15) is 5.11 Å². The van der Waals surface area contributed by atoms with Gasteiger partial charge in [0.1, 0.15) is 0 Å². The zero-order valence-electron chi connectivity index (χ0n) is 13.2. The first kappa shape index (κ1) is 16.1. The summed E-state index contributed by atoms with van der Waals surface area (Å²) < 4.78 is 4.01. The van der Waals surface area contributed by atoms with E-state index in [2.05, 4.69) is 23.5 Å². The van der Waals surface area contributed by atoms with E-state index >= 15 is 0 Å². The monoisotopic (exact) mass is 309 g/mol. The van der Waals surface area contributed by atoms with Gasteiger partial charge >= 0.3 is 0 Å². The normalized spacial score (nSPS) is 13.1. The van der Waals surface area contributed by atoms with Crippen molar-refractivity contribution in [3.8, 4) is 0 Å². The lowest BCUT2D eigenvalue weighted by atomic mass is 10.0. The first-order chi connectivity index (χ1) is 9.97. The fourth-order valence-electron chi connectivity index (χ4n) is 2.46. The van der Waals surface area contributed by atoms with Crippen molar-refractivity contribution < 1.29 is 5.11 Å². The van der Waals surface area contributed by atoms with Crippen molar-refractivity contribution in [1.29, 1.82) is 0 Å². The topological polar surface area (TPSA) is 43.0 Å². The number of aliphatic hydroxyl groups is 1. The number of rotatable bonds is 6. The quantitative estimate of drug-likeness (QED) is 0.885. The van der Waals surface area contributed by atoms with Gasteiger partial charge in [0.15, 0.2) is 0 Å². The zero-order chi connectivity index (χ0) is 15.6. The molecular formula is C16H24ClN3O. The molecule has 4 nitrogen and oxygen atoms in total. The van der Waals surface area contributed by atoms with Crippen LogP contribution in [0.4, 0.5) is 0 Å². The Labute approximate surface area is 131 Å². The minimum atomic E-state index is -0.427. The van der Waals surface area contributed by atoms with Crippen molar-refractivity contribution >= 4 is 11.6 Å². The Balaban J connectivity index is 2.24. The van der Waals surface area contributed by atoms with Gasteiger partial charge in [-0.25, -0.2) is 0 Å². The maximum atomic E-state index is 10.1. The molecule has 0 radical (unpaired) electrons. The molecule has 0 aromatic carbocycles. The Morgan fingerprint density at radius 1 is 1.33 bits per heavy atom. The van der Waals surface area contributed by atoms with Crippen LogP contribution in [-0.4, -0.2) is 19.5 Å². The number of aliphatic hydroxyl groups excluding tert-OH is 1. The van der Waals surface area contributed by atoms with Crippen LogP contribution < -0.4 is 0 Å². The first-order valence-corrected chi connectivity index (χ1v) is 7.93. The minimum Gasteiger partial charge on any atom is -0.388 e. The predicted octanol–water partition coefficient (Wildman–Crippen LogP) is 3.66. The predicted molar refractivity (Wildman–Crippen MR) is 85.6 cm³/mol. The number of nitrogens with zero attached hydrogens (tertiary/aromatic N) is 3.